The Hall–Kier alpha value is -3.00. The van der Waals surface area contributed by atoms with E-state index >= 15 is 0 Å². The van der Waals surface area contributed by atoms with Crippen LogP contribution in [0.2, 0.25) is 0 Å². The van der Waals surface area contributed by atoms with E-state index < -0.39 is 0 Å². The van der Waals surface area contributed by atoms with E-state index in [-0.39, 0.29) is 5.69 Å². The molecule has 0 atom stereocenters. The van der Waals surface area contributed by atoms with Crippen LogP contribution in [0.1, 0.15) is 5.69 Å². The van der Waals surface area contributed by atoms with Crippen LogP contribution in [-0.2, 0) is 0 Å². The van der Waals surface area contributed by atoms with Crippen LogP contribution >= 0.6 is 0 Å². The highest BCUT2D eigenvalue weighted by atomic mass is 15.0. The topological polar surface area (TPSA) is 74.5 Å². The number of nitriles is 1. The predicted octanol–water partition coefficient (Wildman–Crippen LogP) is 2.64. The number of nitrogens with zero attached hydrogens (tertiary/aromatic N) is 4. The third-order valence-corrected chi connectivity index (χ3v) is 2.69. The van der Waals surface area contributed by atoms with Gasteiger partial charge in [0, 0.05) is 24.0 Å². The number of hydrogen-bond donors (Lipinski definition) is 1. The quantitative estimate of drug-likeness (QED) is 0.753. The number of hydrogen-bond acceptors (Lipinski definition) is 5. The van der Waals surface area contributed by atoms with Gasteiger partial charge >= 0.3 is 0 Å². The zero-order chi connectivity index (χ0) is 13.1. The van der Waals surface area contributed by atoms with Gasteiger partial charge in [-0.1, -0.05) is 18.2 Å². The minimum atomic E-state index is 0.260. The standard InChI is InChI=1S/C14H9N5/c15-9-12-14(18-8-7-16-12)19-11-5-1-3-10-4-2-6-17-13(10)11/h1-8H,(H,18,19). The van der Waals surface area contributed by atoms with Gasteiger partial charge in [0.1, 0.15) is 6.07 Å². The Kier molecular flexibility index (Phi) is 2.75. The number of benzene rings is 1. The number of pyridine rings is 1. The molecule has 2 aromatic heterocycles. The monoisotopic (exact) mass is 247 g/mol. The van der Waals surface area contributed by atoms with Crippen LogP contribution in [0.25, 0.3) is 10.9 Å². The Balaban J connectivity index is 2.09. The van der Waals surface area contributed by atoms with E-state index in [0.29, 0.717) is 5.82 Å². The van der Waals surface area contributed by atoms with E-state index in [0.717, 1.165) is 16.6 Å². The van der Waals surface area contributed by atoms with Gasteiger partial charge in [-0.25, -0.2) is 9.97 Å². The number of para-hydroxylation sites is 1. The molecule has 0 saturated carbocycles. The molecule has 19 heavy (non-hydrogen) atoms. The van der Waals surface area contributed by atoms with E-state index in [2.05, 4.69) is 20.3 Å². The summed E-state index contributed by atoms with van der Waals surface area (Å²) in [6, 6.07) is 11.7. The van der Waals surface area contributed by atoms with Crippen molar-refractivity contribution in [2.24, 2.45) is 0 Å². The van der Waals surface area contributed by atoms with Crippen LogP contribution in [0.15, 0.2) is 48.9 Å². The molecule has 0 radical (unpaired) electrons. The fourth-order valence-electron chi connectivity index (χ4n) is 1.84. The average Bonchev–Trinajstić information content (AvgIpc) is 2.48. The summed E-state index contributed by atoms with van der Waals surface area (Å²) in [5, 5.41) is 13.1. The van der Waals surface area contributed by atoms with Gasteiger partial charge in [0.2, 0.25) is 0 Å². The third-order valence-electron chi connectivity index (χ3n) is 2.69. The van der Waals surface area contributed by atoms with Gasteiger partial charge in [0.15, 0.2) is 11.5 Å². The lowest BCUT2D eigenvalue weighted by molar-refractivity contribution is 1.16. The Morgan fingerprint density at radius 3 is 2.68 bits per heavy atom. The molecule has 3 rings (SSSR count). The van der Waals surface area contributed by atoms with Gasteiger partial charge < -0.3 is 5.32 Å². The molecule has 0 bridgehead atoms. The number of nitrogens with one attached hydrogen (secondary N) is 1. The fraction of sp³-hybridized carbons (Fsp3) is 0. The minimum absolute atomic E-state index is 0.260. The molecule has 0 aliphatic rings. The van der Waals surface area contributed by atoms with Gasteiger partial charge in [0.05, 0.1) is 11.2 Å². The Morgan fingerprint density at radius 1 is 0.947 bits per heavy atom. The summed E-state index contributed by atoms with van der Waals surface area (Å²) in [4.78, 5) is 12.4. The fourth-order valence-corrected chi connectivity index (χ4v) is 1.84. The van der Waals surface area contributed by atoms with Crippen LogP contribution in [0, 0.1) is 11.3 Å². The maximum Gasteiger partial charge on any atom is 0.183 e. The predicted molar refractivity (Wildman–Crippen MR) is 71.8 cm³/mol. The van der Waals surface area contributed by atoms with Crippen molar-refractivity contribution in [2.45, 2.75) is 0 Å². The van der Waals surface area contributed by atoms with Crippen LogP contribution < -0.4 is 5.32 Å². The first-order valence-electron chi connectivity index (χ1n) is 5.70. The number of anilines is 2. The molecule has 1 N–H and O–H groups in total. The molecule has 90 valence electrons. The van der Waals surface area contributed by atoms with Gasteiger partial charge in [0.25, 0.3) is 0 Å². The first-order valence-corrected chi connectivity index (χ1v) is 5.70. The van der Waals surface area contributed by atoms with Crippen molar-refractivity contribution in [3.63, 3.8) is 0 Å². The average molecular weight is 247 g/mol. The van der Waals surface area contributed by atoms with Crippen molar-refractivity contribution in [3.8, 4) is 6.07 Å². The smallest absolute Gasteiger partial charge is 0.183 e. The molecule has 1 aromatic carbocycles. The van der Waals surface area contributed by atoms with Crippen molar-refractivity contribution in [3.05, 3.63) is 54.6 Å². The van der Waals surface area contributed by atoms with Gasteiger partial charge in [-0.05, 0) is 12.1 Å². The maximum atomic E-state index is 9.00. The second kappa shape index (κ2) is 4.70. The van der Waals surface area contributed by atoms with Gasteiger partial charge in [-0.2, -0.15) is 5.26 Å². The molecule has 0 amide bonds. The second-order valence-corrected chi connectivity index (χ2v) is 3.87. The van der Waals surface area contributed by atoms with Crippen LogP contribution in [0.4, 0.5) is 11.5 Å². The molecule has 5 nitrogen and oxygen atoms in total. The second-order valence-electron chi connectivity index (χ2n) is 3.87. The number of rotatable bonds is 2. The molecule has 0 unspecified atom stereocenters. The Bertz CT molecular complexity index is 771. The van der Waals surface area contributed by atoms with Crippen molar-refractivity contribution >= 4 is 22.4 Å². The highest BCUT2D eigenvalue weighted by Crippen LogP contribution is 2.24. The van der Waals surface area contributed by atoms with Gasteiger partial charge in [-0.15, -0.1) is 0 Å². The molecule has 0 fully saturated rings. The van der Waals surface area contributed by atoms with Crippen LogP contribution in [0.5, 0.6) is 0 Å². The SMILES string of the molecule is N#Cc1nccnc1Nc1cccc2cccnc12. The zero-order valence-corrected chi connectivity index (χ0v) is 9.91. The third kappa shape index (κ3) is 2.07. The highest BCUT2D eigenvalue weighted by Gasteiger charge is 2.07. The van der Waals surface area contributed by atoms with Crippen molar-refractivity contribution in [2.75, 3.05) is 5.32 Å². The minimum Gasteiger partial charge on any atom is -0.336 e. The number of aromatic nitrogens is 3. The molecule has 3 aromatic rings. The van der Waals surface area contributed by atoms with Crippen molar-refractivity contribution in [1.29, 1.82) is 5.26 Å². The lowest BCUT2D eigenvalue weighted by Gasteiger charge is -2.08. The zero-order valence-electron chi connectivity index (χ0n) is 9.91. The maximum absolute atomic E-state index is 9.00. The molecule has 5 heteroatoms. The summed E-state index contributed by atoms with van der Waals surface area (Å²) in [6.07, 6.45) is 4.77. The molecular formula is C14H9N5. The summed E-state index contributed by atoms with van der Waals surface area (Å²) in [6.45, 7) is 0. The summed E-state index contributed by atoms with van der Waals surface area (Å²) in [5.41, 5.74) is 1.89. The summed E-state index contributed by atoms with van der Waals surface area (Å²) in [7, 11) is 0. The lowest BCUT2D eigenvalue weighted by atomic mass is 10.2. The first-order chi connectivity index (χ1) is 9.38. The van der Waals surface area contributed by atoms with E-state index in [4.69, 9.17) is 5.26 Å². The van der Waals surface area contributed by atoms with Crippen molar-refractivity contribution < 1.29 is 0 Å². The molecular weight excluding hydrogens is 238 g/mol. The first kappa shape index (κ1) is 11.1. The molecule has 0 spiro atoms. The van der Waals surface area contributed by atoms with E-state index in [1.807, 2.05) is 36.4 Å². The largest absolute Gasteiger partial charge is 0.336 e. The van der Waals surface area contributed by atoms with Crippen LogP contribution in [-0.4, -0.2) is 15.0 Å². The molecule has 0 saturated heterocycles. The van der Waals surface area contributed by atoms with Crippen molar-refractivity contribution in [1.82, 2.24) is 15.0 Å². The normalized spacial score (nSPS) is 10.1. The molecule has 0 aliphatic carbocycles. The van der Waals surface area contributed by atoms with Crippen LogP contribution in [0.3, 0.4) is 0 Å². The Morgan fingerprint density at radius 2 is 1.79 bits per heavy atom. The summed E-state index contributed by atoms with van der Waals surface area (Å²) >= 11 is 0. The lowest BCUT2D eigenvalue weighted by Crippen LogP contribution is -1.99. The van der Waals surface area contributed by atoms with Gasteiger partial charge in [-0.3, -0.25) is 4.98 Å². The van der Waals surface area contributed by atoms with E-state index in [1.54, 1.807) is 12.4 Å². The summed E-state index contributed by atoms with van der Waals surface area (Å²) < 4.78 is 0. The molecule has 2 heterocycles. The van der Waals surface area contributed by atoms with E-state index in [1.165, 1.54) is 6.20 Å². The molecule has 0 aliphatic heterocycles. The number of fused-ring (bicyclic) bond motifs is 1. The summed E-state index contributed by atoms with van der Waals surface area (Å²) in [5.74, 6) is 0.433. The Labute approximate surface area is 109 Å². The highest BCUT2D eigenvalue weighted by molar-refractivity contribution is 5.91. The van der Waals surface area contributed by atoms with E-state index in [9.17, 15) is 0 Å².